The van der Waals surface area contributed by atoms with Crippen LogP contribution in [0.25, 0.3) is 0 Å². The molecular weight excluding hydrogens is 170 g/mol. The predicted molar refractivity (Wildman–Crippen MR) is 50.2 cm³/mol. The molecule has 1 amide bonds. The van der Waals surface area contributed by atoms with Crippen LogP contribution in [0, 0.1) is 0 Å². The molecule has 0 aliphatic rings. The average Bonchev–Trinajstić information content (AvgIpc) is 2.03. The second-order valence-electron chi connectivity index (χ2n) is 3.14. The molecule has 0 radical (unpaired) electrons. The van der Waals surface area contributed by atoms with Crippen molar-refractivity contribution in [1.29, 1.82) is 0 Å². The SMILES string of the molecule is CC(=O)NCCCCC(O)CCO. The fourth-order valence-corrected chi connectivity index (χ4v) is 1.06. The Kier molecular flexibility index (Phi) is 7.63. The van der Waals surface area contributed by atoms with Gasteiger partial charge in [-0.25, -0.2) is 0 Å². The molecular formula is C9H19NO3. The van der Waals surface area contributed by atoms with Crippen LogP contribution < -0.4 is 5.32 Å². The summed E-state index contributed by atoms with van der Waals surface area (Å²) in [7, 11) is 0. The topological polar surface area (TPSA) is 69.6 Å². The number of nitrogens with one attached hydrogen (secondary N) is 1. The van der Waals surface area contributed by atoms with E-state index in [9.17, 15) is 9.90 Å². The van der Waals surface area contributed by atoms with E-state index in [0.717, 1.165) is 12.8 Å². The molecule has 3 N–H and O–H groups in total. The Hall–Kier alpha value is -0.610. The van der Waals surface area contributed by atoms with Gasteiger partial charge in [0.1, 0.15) is 0 Å². The van der Waals surface area contributed by atoms with Crippen molar-refractivity contribution in [3.05, 3.63) is 0 Å². The zero-order valence-electron chi connectivity index (χ0n) is 8.12. The lowest BCUT2D eigenvalue weighted by Crippen LogP contribution is -2.21. The summed E-state index contributed by atoms with van der Waals surface area (Å²) in [4.78, 5) is 10.4. The molecule has 0 saturated heterocycles. The van der Waals surface area contributed by atoms with Gasteiger partial charge in [-0.05, 0) is 25.7 Å². The number of unbranched alkanes of at least 4 members (excludes halogenated alkanes) is 1. The van der Waals surface area contributed by atoms with E-state index < -0.39 is 6.10 Å². The molecule has 0 aliphatic carbocycles. The zero-order chi connectivity index (χ0) is 10.1. The lowest BCUT2D eigenvalue weighted by molar-refractivity contribution is -0.118. The summed E-state index contributed by atoms with van der Waals surface area (Å²) in [5.74, 6) is -0.0177. The molecule has 0 heterocycles. The number of rotatable bonds is 7. The first-order chi connectivity index (χ1) is 6.16. The van der Waals surface area contributed by atoms with Crippen LogP contribution in [0.1, 0.15) is 32.6 Å². The van der Waals surface area contributed by atoms with E-state index in [-0.39, 0.29) is 12.5 Å². The molecule has 13 heavy (non-hydrogen) atoms. The van der Waals surface area contributed by atoms with Crippen molar-refractivity contribution in [2.24, 2.45) is 0 Å². The standard InChI is InChI=1S/C9H19NO3/c1-8(12)10-6-3-2-4-9(13)5-7-11/h9,11,13H,2-7H2,1H3,(H,10,12). The van der Waals surface area contributed by atoms with Crippen LogP contribution in [-0.2, 0) is 4.79 Å². The number of carbonyl (C=O) groups is 1. The van der Waals surface area contributed by atoms with E-state index in [4.69, 9.17) is 5.11 Å². The molecule has 0 aromatic heterocycles. The number of aliphatic hydroxyl groups excluding tert-OH is 2. The van der Waals surface area contributed by atoms with E-state index in [0.29, 0.717) is 19.4 Å². The fourth-order valence-electron chi connectivity index (χ4n) is 1.06. The Balaban J connectivity index is 3.11. The van der Waals surface area contributed by atoms with Crippen LogP contribution in [0.2, 0.25) is 0 Å². The normalized spacial score (nSPS) is 12.5. The number of amides is 1. The highest BCUT2D eigenvalue weighted by atomic mass is 16.3. The Morgan fingerprint density at radius 2 is 2.08 bits per heavy atom. The first-order valence-electron chi connectivity index (χ1n) is 4.70. The van der Waals surface area contributed by atoms with E-state index in [1.807, 2.05) is 0 Å². The summed E-state index contributed by atoms with van der Waals surface area (Å²) in [5.41, 5.74) is 0. The number of carbonyl (C=O) groups excluding carboxylic acids is 1. The largest absolute Gasteiger partial charge is 0.396 e. The van der Waals surface area contributed by atoms with Crippen molar-refractivity contribution < 1.29 is 15.0 Å². The Morgan fingerprint density at radius 1 is 1.38 bits per heavy atom. The van der Waals surface area contributed by atoms with Crippen molar-refractivity contribution in [1.82, 2.24) is 5.32 Å². The summed E-state index contributed by atoms with van der Waals surface area (Å²) in [5, 5.41) is 20.4. The lowest BCUT2D eigenvalue weighted by atomic mass is 10.1. The van der Waals surface area contributed by atoms with Crippen LogP contribution >= 0.6 is 0 Å². The van der Waals surface area contributed by atoms with E-state index in [1.165, 1.54) is 6.92 Å². The molecule has 0 aromatic carbocycles. The van der Waals surface area contributed by atoms with Crippen molar-refractivity contribution in [3.63, 3.8) is 0 Å². The highest BCUT2D eigenvalue weighted by Crippen LogP contribution is 2.02. The summed E-state index contributed by atoms with van der Waals surface area (Å²) >= 11 is 0. The molecule has 0 aliphatic heterocycles. The third kappa shape index (κ3) is 9.30. The van der Waals surface area contributed by atoms with Gasteiger partial charge in [0.15, 0.2) is 0 Å². The van der Waals surface area contributed by atoms with Crippen LogP contribution in [0.4, 0.5) is 0 Å². The van der Waals surface area contributed by atoms with Gasteiger partial charge in [0.05, 0.1) is 6.10 Å². The predicted octanol–water partition coefficient (Wildman–Crippen LogP) is 0.0361. The van der Waals surface area contributed by atoms with E-state index >= 15 is 0 Å². The van der Waals surface area contributed by atoms with Gasteiger partial charge in [0, 0.05) is 20.1 Å². The van der Waals surface area contributed by atoms with E-state index in [2.05, 4.69) is 5.32 Å². The van der Waals surface area contributed by atoms with Crippen LogP contribution in [0.5, 0.6) is 0 Å². The Morgan fingerprint density at radius 3 is 2.62 bits per heavy atom. The van der Waals surface area contributed by atoms with Gasteiger partial charge in [-0.2, -0.15) is 0 Å². The average molecular weight is 189 g/mol. The van der Waals surface area contributed by atoms with Gasteiger partial charge < -0.3 is 15.5 Å². The summed E-state index contributed by atoms with van der Waals surface area (Å²) < 4.78 is 0. The minimum absolute atomic E-state index is 0.0177. The van der Waals surface area contributed by atoms with Crippen LogP contribution in [-0.4, -0.2) is 35.4 Å². The van der Waals surface area contributed by atoms with E-state index in [1.54, 1.807) is 0 Å². The van der Waals surface area contributed by atoms with Crippen molar-refractivity contribution in [3.8, 4) is 0 Å². The maximum Gasteiger partial charge on any atom is 0.216 e. The second-order valence-corrected chi connectivity index (χ2v) is 3.14. The number of aliphatic hydroxyl groups is 2. The third-order valence-corrected chi connectivity index (χ3v) is 1.80. The third-order valence-electron chi connectivity index (χ3n) is 1.80. The second kappa shape index (κ2) is 8.01. The first-order valence-corrected chi connectivity index (χ1v) is 4.70. The smallest absolute Gasteiger partial charge is 0.216 e. The van der Waals surface area contributed by atoms with Gasteiger partial charge in [0.2, 0.25) is 5.91 Å². The van der Waals surface area contributed by atoms with Gasteiger partial charge >= 0.3 is 0 Å². The van der Waals surface area contributed by atoms with Gasteiger partial charge in [-0.3, -0.25) is 4.79 Å². The maximum atomic E-state index is 10.4. The van der Waals surface area contributed by atoms with Gasteiger partial charge in [-0.1, -0.05) is 0 Å². The molecule has 4 heteroatoms. The van der Waals surface area contributed by atoms with Crippen LogP contribution in [0.3, 0.4) is 0 Å². The molecule has 0 bridgehead atoms. The highest BCUT2D eigenvalue weighted by Gasteiger charge is 2.01. The number of hydrogen-bond donors (Lipinski definition) is 3. The van der Waals surface area contributed by atoms with Gasteiger partial charge in [0.25, 0.3) is 0 Å². The quantitative estimate of drug-likeness (QED) is 0.495. The fraction of sp³-hybridized carbons (Fsp3) is 0.889. The summed E-state index contributed by atoms with van der Waals surface area (Å²) in [6.45, 7) is 2.19. The lowest BCUT2D eigenvalue weighted by Gasteiger charge is -2.08. The summed E-state index contributed by atoms with van der Waals surface area (Å²) in [6.07, 6.45) is 2.49. The summed E-state index contributed by atoms with van der Waals surface area (Å²) in [6, 6.07) is 0. The van der Waals surface area contributed by atoms with Crippen molar-refractivity contribution >= 4 is 5.91 Å². The van der Waals surface area contributed by atoms with Crippen LogP contribution in [0.15, 0.2) is 0 Å². The molecule has 0 aromatic rings. The minimum Gasteiger partial charge on any atom is -0.396 e. The van der Waals surface area contributed by atoms with Crippen molar-refractivity contribution in [2.45, 2.75) is 38.7 Å². The molecule has 0 saturated carbocycles. The molecule has 1 atom stereocenters. The molecule has 0 spiro atoms. The molecule has 0 fully saturated rings. The highest BCUT2D eigenvalue weighted by molar-refractivity contribution is 5.72. The Labute approximate surface area is 79.0 Å². The first kappa shape index (κ1) is 12.4. The zero-order valence-corrected chi connectivity index (χ0v) is 8.12. The maximum absolute atomic E-state index is 10.4. The minimum atomic E-state index is -0.401. The number of hydrogen-bond acceptors (Lipinski definition) is 3. The molecule has 0 rings (SSSR count). The molecule has 78 valence electrons. The Bertz CT molecular complexity index is 139. The molecule has 4 nitrogen and oxygen atoms in total. The molecule has 1 unspecified atom stereocenters. The monoisotopic (exact) mass is 189 g/mol. The van der Waals surface area contributed by atoms with Crippen molar-refractivity contribution in [2.75, 3.05) is 13.2 Å². The van der Waals surface area contributed by atoms with Gasteiger partial charge in [-0.15, -0.1) is 0 Å².